The number of hydrogen-bond acceptors (Lipinski definition) is 3. The lowest BCUT2D eigenvalue weighted by Gasteiger charge is -2.08. The van der Waals surface area contributed by atoms with Gasteiger partial charge in [-0.05, 0) is 31.4 Å². The van der Waals surface area contributed by atoms with Gasteiger partial charge in [-0.3, -0.25) is 10.1 Å². The minimum Gasteiger partial charge on any atom is -0.328 e. The molecular formula is C13H17ClN4O. The molecule has 2 atom stereocenters. The number of carbonyl (C=O) groups is 1. The van der Waals surface area contributed by atoms with E-state index in [9.17, 15) is 4.79 Å². The molecule has 102 valence electrons. The zero-order valence-corrected chi connectivity index (χ0v) is 11.2. The maximum atomic E-state index is 12.0. The number of aromatic amines is 1. The number of para-hydroxylation sites is 2. The Balaban J connectivity index is 0.00000133. The molecule has 3 rings (SSSR count). The second kappa shape index (κ2) is 5.59. The number of nitrogens with zero attached hydrogens (tertiary/aromatic N) is 1. The van der Waals surface area contributed by atoms with Crippen molar-refractivity contribution in [3.63, 3.8) is 0 Å². The Morgan fingerprint density at radius 1 is 1.37 bits per heavy atom. The van der Waals surface area contributed by atoms with Crippen LogP contribution in [-0.2, 0) is 4.79 Å². The van der Waals surface area contributed by atoms with E-state index >= 15 is 0 Å². The van der Waals surface area contributed by atoms with Crippen molar-refractivity contribution < 1.29 is 4.79 Å². The molecule has 1 aliphatic carbocycles. The van der Waals surface area contributed by atoms with E-state index in [0.29, 0.717) is 5.95 Å². The Kier molecular flexibility index (Phi) is 4.07. The first-order valence-corrected chi connectivity index (χ1v) is 6.23. The number of nitrogens with two attached hydrogens (primary N) is 1. The molecule has 1 fully saturated rings. The molecule has 2 unspecified atom stereocenters. The van der Waals surface area contributed by atoms with E-state index in [2.05, 4.69) is 15.3 Å². The summed E-state index contributed by atoms with van der Waals surface area (Å²) in [4.78, 5) is 19.4. The Morgan fingerprint density at radius 2 is 2.16 bits per heavy atom. The molecular weight excluding hydrogens is 264 g/mol. The van der Waals surface area contributed by atoms with Gasteiger partial charge < -0.3 is 10.7 Å². The highest BCUT2D eigenvalue weighted by molar-refractivity contribution is 5.92. The first-order valence-electron chi connectivity index (χ1n) is 6.23. The van der Waals surface area contributed by atoms with Crippen molar-refractivity contribution in [3.8, 4) is 0 Å². The third-order valence-electron chi connectivity index (χ3n) is 3.47. The predicted molar refractivity (Wildman–Crippen MR) is 77.3 cm³/mol. The molecule has 1 aromatic carbocycles. The Labute approximate surface area is 117 Å². The van der Waals surface area contributed by atoms with Crippen LogP contribution < -0.4 is 11.1 Å². The molecule has 5 nitrogen and oxygen atoms in total. The van der Waals surface area contributed by atoms with Crippen LogP contribution in [0.25, 0.3) is 11.0 Å². The van der Waals surface area contributed by atoms with Gasteiger partial charge in [0.05, 0.1) is 11.0 Å². The van der Waals surface area contributed by atoms with Crippen molar-refractivity contribution in [1.29, 1.82) is 0 Å². The third kappa shape index (κ3) is 2.88. The maximum absolute atomic E-state index is 12.0. The van der Waals surface area contributed by atoms with Gasteiger partial charge in [0.15, 0.2) is 0 Å². The quantitative estimate of drug-likeness (QED) is 0.787. The van der Waals surface area contributed by atoms with Crippen LogP contribution in [-0.4, -0.2) is 21.9 Å². The lowest BCUT2D eigenvalue weighted by atomic mass is 10.1. The molecule has 1 amide bonds. The van der Waals surface area contributed by atoms with E-state index in [1.54, 1.807) is 0 Å². The molecule has 0 saturated heterocycles. The van der Waals surface area contributed by atoms with Crippen LogP contribution in [0, 0.1) is 5.92 Å². The molecule has 4 N–H and O–H groups in total. The van der Waals surface area contributed by atoms with Gasteiger partial charge in [0, 0.05) is 12.0 Å². The number of imidazole rings is 1. The van der Waals surface area contributed by atoms with Crippen molar-refractivity contribution in [2.45, 2.75) is 25.3 Å². The number of amides is 1. The van der Waals surface area contributed by atoms with E-state index in [1.807, 2.05) is 24.3 Å². The number of anilines is 1. The standard InChI is InChI=1S/C13H16N4O.ClH/c14-9-6-5-8(7-9)12(18)17-13-15-10-3-1-2-4-11(10)16-13;/h1-4,8-9H,5-7,14H2,(H2,15,16,17,18);1H. The Hall–Kier alpha value is -1.59. The fourth-order valence-corrected chi connectivity index (χ4v) is 2.49. The average Bonchev–Trinajstić information content (AvgIpc) is 2.94. The number of benzene rings is 1. The molecule has 1 heterocycles. The SMILES string of the molecule is Cl.NC1CCC(C(=O)Nc2nc3ccccc3[nH]2)C1. The van der Waals surface area contributed by atoms with Gasteiger partial charge in [0.2, 0.25) is 11.9 Å². The minimum atomic E-state index is 0. The summed E-state index contributed by atoms with van der Waals surface area (Å²) < 4.78 is 0. The van der Waals surface area contributed by atoms with Crippen molar-refractivity contribution in [2.75, 3.05) is 5.32 Å². The third-order valence-corrected chi connectivity index (χ3v) is 3.47. The molecule has 1 aromatic heterocycles. The lowest BCUT2D eigenvalue weighted by Crippen LogP contribution is -2.23. The van der Waals surface area contributed by atoms with E-state index in [1.165, 1.54) is 0 Å². The molecule has 2 aromatic rings. The first-order chi connectivity index (χ1) is 8.72. The number of halogens is 1. The predicted octanol–water partition coefficient (Wildman–Crippen LogP) is 2.05. The smallest absolute Gasteiger partial charge is 0.229 e. The number of rotatable bonds is 2. The molecule has 6 heteroatoms. The summed E-state index contributed by atoms with van der Waals surface area (Å²) in [6.45, 7) is 0. The molecule has 19 heavy (non-hydrogen) atoms. The molecule has 1 saturated carbocycles. The van der Waals surface area contributed by atoms with Crippen molar-refractivity contribution in [3.05, 3.63) is 24.3 Å². The second-order valence-electron chi connectivity index (χ2n) is 4.86. The van der Waals surface area contributed by atoms with Crippen LogP contribution in [0.1, 0.15) is 19.3 Å². The number of H-pyrrole nitrogens is 1. The number of aromatic nitrogens is 2. The fourth-order valence-electron chi connectivity index (χ4n) is 2.49. The largest absolute Gasteiger partial charge is 0.328 e. The van der Waals surface area contributed by atoms with E-state index in [-0.39, 0.29) is 30.3 Å². The van der Waals surface area contributed by atoms with Crippen LogP contribution in [0.3, 0.4) is 0 Å². The minimum absolute atomic E-state index is 0. The van der Waals surface area contributed by atoms with E-state index in [4.69, 9.17) is 5.73 Å². The number of fused-ring (bicyclic) bond motifs is 1. The van der Waals surface area contributed by atoms with Gasteiger partial charge in [0.25, 0.3) is 0 Å². The summed E-state index contributed by atoms with van der Waals surface area (Å²) in [6, 6.07) is 7.86. The monoisotopic (exact) mass is 280 g/mol. The summed E-state index contributed by atoms with van der Waals surface area (Å²) in [5.41, 5.74) is 7.60. The molecule has 0 bridgehead atoms. The fraction of sp³-hybridized carbons (Fsp3) is 0.385. The Bertz CT molecular complexity index is 550. The van der Waals surface area contributed by atoms with Crippen molar-refractivity contribution in [1.82, 2.24) is 9.97 Å². The van der Waals surface area contributed by atoms with Gasteiger partial charge in [-0.2, -0.15) is 0 Å². The molecule has 0 aliphatic heterocycles. The average molecular weight is 281 g/mol. The van der Waals surface area contributed by atoms with Gasteiger partial charge in [-0.25, -0.2) is 4.98 Å². The second-order valence-corrected chi connectivity index (χ2v) is 4.86. The van der Waals surface area contributed by atoms with Crippen LogP contribution >= 0.6 is 12.4 Å². The number of nitrogens with one attached hydrogen (secondary N) is 2. The van der Waals surface area contributed by atoms with Crippen LogP contribution in [0.15, 0.2) is 24.3 Å². The van der Waals surface area contributed by atoms with E-state index in [0.717, 1.165) is 30.3 Å². The summed E-state index contributed by atoms with van der Waals surface area (Å²) >= 11 is 0. The van der Waals surface area contributed by atoms with Crippen molar-refractivity contribution in [2.24, 2.45) is 11.7 Å². The highest BCUT2D eigenvalue weighted by Gasteiger charge is 2.28. The summed E-state index contributed by atoms with van der Waals surface area (Å²) in [5, 5.41) is 2.83. The van der Waals surface area contributed by atoms with E-state index < -0.39 is 0 Å². The highest BCUT2D eigenvalue weighted by atomic mass is 35.5. The van der Waals surface area contributed by atoms with Gasteiger partial charge in [-0.15, -0.1) is 12.4 Å². The summed E-state index contributed by atoms with van der Waals surface area (Å²) in [5.74, 6) is 0.553. The van der Waals surface area contributed by atoms with Crippen molar-refractivity contribution >= 4 is 35.3 Å². The summed E-state index contributed by atoms with van der Waals surface area (Å²) in [7, 11) is 0. The zero-order valence-electron chi connectivity index (χ0n) is 10.4. The zero-order chi connectivity index (χ0) is 12.5. The molecule has 0 radical (unpaired) electrons. The maximum Gasteiger partial charge on any atom is 0.229 e. The number of carbonyl (C=O) groups excluding carboxylic acids is 1. The summed E-state index contributed by atoms with van der Waals surface area (Å²) in [6.07, 6.45) is 2.57. The van der Waals surface area contributed by atoms with Gasteiger partial charge in [0.1, 0.15) is 0 Å². The molecule has 0 spiro atoms. The highest BCUT2D eigenvalue weighted by Crippen LogP contribution is 2.25. The lowest BCUT2D eigenvalue weighted by molar-refractivity contribution is -0.119. The van der Waals surface area contributed by atoms with Gasteiger partial charge in [-0.1, -0.05) is 12.1 Å². The van der Waals surface area contributed by atoms with Crippen LogP contribution in [0.4, 0.5) is 5.95 Å². The normalized spacial score (nSPS) is 22.2. The van der Waals surface area contributed by atoms with Crippen LogP contribution in [0.2, 0.25) is 0 Å². The Morgan fingerprint density at radius 3 is 2.84 bits per heavy atom. The molecule has 1 aliphatic rings. The topological polar surface area (TPSA) is 83.8 Å². The first kappa shape index (κ1) is 13.8. The van der Waals surface area contributed by atoms with Crippen LogP contribution in [0.5, 0.6) is 0 Å². The number of hydrogen-bond donors (Lipinski definition) is 3. The van der Waals surface area contributed by atoms with Gasteiger partial charge >= 0.3 is 0 Å².